The zero-order valence-electron chi connectivity index (χ0n) is 18.9. The Hall–Kier alpha value is -2.01. The molecule has 0 saturated carbocycles. The van der Waals surface area contributed by atoms with Gasteiger partial charge in [0.1, 0.15) is 0 Å². The summed E-state index contributed by atoms with van der Waals surface area (Å²) in [7, 11) is -3.67. The number of hydrogen-bond acceptors (Lipinski definition) is 6. The fourth-order valence-corrected chi connectivity index (χ4v) is 6.15. The van der Waals surface area contributed by atoms with Crippen LogP contribution in [-0.2, 0) is 24.3 Å². The van der Waals surface area contributed by atoms with E-state index in [2.05, 4.69) is 15.5 Å². The van der Waals surface area contributed by atoms with Gasteiger partial charge in [0.15, 0.2) is 0 Å². The normalized spacial score (nSPS) is 20.2. The van der Waals surface area contributed by atoms with Crippen molar-refractivity contribution in [1.82, 2.24) is 19.8 Å². The smallest absolute Gasteiger partial charge is 0.309 e. The lowest BCUT2D eigenvalue weighted by molar-refractivity contribution is -0.139. The highest BCUT2D eigenvalue weighted by atomic mass is 32.2. The van der Waals surface area contributed by atoms with Crippen LogP contribution in [0.4, 0.5) is 0 Å². The summed E-state index contributed by atoms with van der Waals surface area (Å²) in [4.78, 5) is 26.9. The molecule has 0 aromatic heterocycles. The van der Waals surface area contributed by atoms with Gasteiger partial charge >= 0.3 is 11.8 Å². The summed E-state index contributed by atoms with van der Waals surface area (Å²) in [6.07, 6.45) is 2.12. The lowest BCUT2D eigenvalue weighted by atomic mass is 10.2. The van der Waals surface area contributed by atoms with Crippen molar-refractivity contribution in [3.05, 3.63) is 29.3 Å². The third-order valence-corrected chi connectivity index (χ3v) is 8.09. The third-order valence-electron chi connectivity index (χ3n) is 6.00. The van der Waals surface area contributed by atoms with Gasteiger partial charge < -0.3 is 15.4 Å². The summed E-state index contributed by atoms with van der Waals surface area (Å²) in [5, 5.41) is 5.25. The van der Waals surface area contributed by atoms with Gasteiger partial charge in [0.25, 0.3) is 0 Å². The molecule has 2 aliphatic heterocycles. The van der Waals surface area contributed by atoms with E-state index in [9.17, 15) is 18.0 Å². The maximum Gasteiger partial charge on any atom is 0.309 e. The molecule has 1 aromatic carbocycles. The van der Waals surface area contributed by atoms with Gasteiger partial charge in [0.05, 0.1) is 18.1 Å². The number of benzene rings is 1. The molecule has 2 heterocycles. The summed E-state index contributed by atoms with van der Waals surface area (Å²) >= 11 is 0. The number of amides is 2. The Morgan fingerprint density at radius 1 is 1.09 bits per heavy atom. The van der Waals surface area contributed by atoms with Crippen molar-refractivity contribution in [2.24, 2.45) is 0 Å². The average molecular weight is 467 g/mol. The van der Waals surface area contributed by atoms with Gasteiger partial charge in [0, 0.05) is 38.8 Å². The van der Waals surface area contributed by atoms with Crippen LogP contribution in [0.25, 0.3) is 0 Å². The molecule has 2 aliphatic rings. The summed E-state index contributed by atoms with van der Waals surface area (Å²) in [6.45, 7) is 8.65. The van der Waals surface area contributed by atoms with Crippen LogP contribution in [0.2, 0.25) is 0 Å². The van der Waals surface area contributed by atoms with Crippen LogP contribution in [0, 0.1) is 13.8 Å². The number of sulfonamides is 1. The maximum absolute atomic E-state index is 13.2. The molecule has 32 heavy (non-hydrogen) atoms. The van der Waals surface area contributed by atoms with Crippen molar-refractivity contribution >= 4 is 21.8 Å². The van der Waals surface area contributed by atoms with Gasteiger partial charge in [-0.25, -0.2) is 8.42 Å². The number of hydrogen-bond donors (Lipinski definition) is 2. The summed E-state index contributed by atoms with van der Waals surface area (Å²) < 4.78 is 33.2. The van der Waals surface area contributed by atoms with Gasteiger partial charge in [-0.05, 0) is 56.8 Å². The van der Waals surface area contributed by atoms with Crippen molar-refractivity contribution in [1.29, 1.82) is 0 Å². The van der Waals surface area contributed by atoms with Crippen LogP contribution >= 0.6 is 0 Å². The van der Waals surface area contributed by atoms with Gasteiger partial charge in [-0.3, -0.25) is 14.5 Å². The molecule has 2 saturated heterocycles. The zero-order chi connectivity index (χ0) is 23.1. The molecule has 3 rings (SSSR count). The first kappa shape index (κ1) is 24.6. The molecule has 0 radical (unpaired) electrons. The van der Waals surface area contributed by atoms with E-state index < -0.39 is 21.8 Å². The lowest BCUT2D eigenvalue weighted by Crippen LogP contribution is -2.47. The van der Waals surface area contributed by atoms with Gasteiger partial charge in [0.2, 0.25) is 10.0 Å². The monoisotopic (exact) mass is 466 g/mol. The van der Waals surface area contributed by atoms with E-state index in [1.807, 2.05) is 13.0 Å². The molecule has 0 aliphatic carbocycles. The number of nitrogens with zero attached hydrogens (tertiary/aromatic N) is 2. The predicted octanol–water partition coefficient (Wildman–Crippen LogP) is 0.411. The SMILES string of the molecule is Cc1ccc(C)c(S(=O)(=O)N2CCC[C@@H]2CNC(=O)C(=O)NCCCN2CCOCC2)c1. The summed E-state index contributed by atoms with van der Waals surface area (Å²) in [6, 6.07) is 5.01. The second kappa shape index (κ2) is 11.2. The van der Waals surface area contributed by atoms with Crippen molar-refractivity contribution in [3.63, 3.8) is 0 Å². The number of rotatable bonds is 8. The highest BCUT2D eigenvalue weighted by Crippen LogP contribution is 2.28. The number of carbonyl (C=O) groups is 2. The topological polar surface area (TPSA) is 108 Å². The van der Waals surface area contributed by atoms with Crippen LogP contribution in [0.3, 0.4) is 0 Å². The van der Waals surface area contributed by atoms with Crippen LogP contribution in [0.15, 0.2) is 23.1 Å². The number of ether oxygens (including phenoxy) is 1. The molecular weight excluding hydrogens is 432 g/mol. The quantitative estimate of drug-likeness (QED) is 0.425. The van der Waals surface area contributed by atoms with Crippen molar-refractivity contribution < 1.29 is 22.7 Å². The maximum atomic E-state index is 13.2. The van der Waals surface area contributed by atoms with Gasteiger partial charge in [-0.2, -0.15) is 4.31 Å². The fourth-order valence-electron chi connectivity index (χ4n) is 4.14. The van der Waals surface area contributed by atoms with Crippen molar-refractivity contribution in [2.75, 3.05) is 52.5 Å². The molecule has 0 spiro atoms. The minimum atomic E-state index is -3.67. The van der Waals surface area contributed by atoms with E-state index in [1.165, 1.54) is 4.31 Å². The highest BCUT2D eigenvalue weighted by molar-refractivity contribution is 7.89. The minimum absolute atomic E-state index is 0.115. The molecule has 1 atom stereocenters. The Labute approximate surface area is 190 Å². The number of aryl methyl sites for hydroxylation is 2. The Kier molecular flexibility index (Phi) is 8.64. The molecule has 10 heteroatoms. The second-order valence-corrected chi connectivity index (χ2v) is 10.3. The Morgan fingerprint density at radius 3 is 2.56 bits per heavy atom. The highest BCUT2D eigenvalue weighted by Gasteiger charge is 2.36. The third kappa shape index (κ3) is 6.28. The molecule has 1 aromatic rings. The van der Waals surface area contributed by atoms with E-state index in [0.717, 1.165) is 51.3 Å². The molecule has 0 unspecified atom stereocenters. The van der Waals surface area contributed by atoms with Crippen LogP contribution in [0.1, 0.15) is 30.4 Å². The summed E-state index contributed by atoms with van der Waals surface area (Å²) in [5.74, 6) is -1.42. The van der Waals surface area contributed by atoms with E-state index in [1.54, 1.807) is 19.1 Å². The largest absolute Gasteiger partial charge is 0.379 e. The molecule has 2 fully saturated rings. The van der Waals surface area contributed by atoms with Gasteiger partial charge in [-0.15, -0.1) is 0 Å². The van der Waals surface area contributed by atoms with Crippen LogP contribution in [-0.4, -0.2) is 88.0 Å². The first-order valence-electron chi connectivity index (χ1n) is 11.2. The van der Waals surface area contributed by atoms with Crippen LogP contribution in [0.5, 0.6) is 0 Å². The number of carbonyl (C=O) groups excluding carboxylic acids is 2. The molecule has 178 valence electrons. The Balaban J connectivity index is 1.47. The van der Waals surface area contributed by atoms with Crippen molar-refractivity contribution in [2.45, 2.75) is 44.0 Å². The van der Waals surface area contributed by atoms with E-state index in [-0.39, 0.29) is 12.6 Å². The number of morpholine rings is 1. The molecule has 9 nitrogen and oxygen atoms in total. The molecule has 2 amide bonds. The first-order chi connectivity index (χ1) is 15.3. The Morgan fingerprint density at radius 2 is 1.81 bits per heavy atom. The predicted molar refractivity (Wildman–Crippen MR) is 121 cm³/mol. The van der Waals surface area contributed by atoms with Gasteiger partial charge in [-0.1, -0.05) is 12.1 Å². The second-order valence-electron chi connectivity index (χ2n) is 8.45. The van der Waals surface area contributed by atoms with Crippen LogP contribution < -0.4 is 10.6 Å². The average Bonchev–Trinajstić information content (AvgIpc) is 3.27. The zero-order valence-corrected chi connectivity index (χ0v) is 19.7. The van der Waals surface area contributed by atoms with Crippen molar-refractivity contribution in [3.8, 4) is 0 Å². The molecule has 2 N–H and O–H groups in total. The fraction of sp³-hybridized carbons (Fsp3) is 0.636. The lowest BCUT2D eigenvalue weighted by Gasteiger charge is -2.26. The summed E-state index contributed by atoms with van der Waals surface area (Å²) in [5.41, 5.74) is 1.57. The van der Waals surface area contributed by atoms with E-state index >= 15 is 0 Å². The molecular formula is C22H34N4O5S. The Bertz CT molecular complexity index is 915. The van der Waals surface area contributed by atoms with E-state index in [4.69, 9.17) is 4.74 Å². The van der Waals surface area contributed by atoms with E-state index in [0.29, 0.717) is 30.0 Å². The first-order valence-corrected chi connectivity index (χ1v) is 12.7. The number of nitrogens with one attached hydrogen (secondary N) is 2. The minimum Gasteiger partial charge on any atom is -0.379 e. The standard InChI is InChI=1S/C22H34N4O5S/c1-17-6-7-18(2)20(15-17)32(29,30)26-10-3-5-19(26)16-24-22(28)21(27)23-8-4-9-25-11-13-31-14-12-25/h6-7,15,19H,3-5,8-14,16H2,1-2H3,(H,23,27)(H,24,28)/t19-/m1/s1. The molecule has 0 bridgehead atoms.